The van der Waals surface area contributed by atoms with Gasteiger partial charge in [-0.2, -0.15) is 0 Å². The standard InChI is InChI=1S/C28H27FN2O5/c1-27(2,3)36-26(33)31-24-12-8-7-11-22(24)28(25(31)32,17-19-9-5-4-6-10-19)23(18-30(34)35)20-13-15-21(29)16-14-20/h4-16,23H,17-18H2,1-3H3/t23-,28-/m0/s1. The van der Waals surface area contributed by atoms with Gasteiger partial charge in [0.15, 0.2) is 0 Å². The van der Waals surface area contributed by atoms with Gasteiger partial charge in [0.2, 0.25) is 12.5 Å². The molecule has 0 spiro atoms. The molecule has 36 heavy (non-hydrogen) atoms. The third-order valence-electron chi connectivity index (χ3n) is 6.31. The SMILES string of the molecule is CC(C)(C)OC(=O)N1C(=O)[C@](Cc2ccccc2)([C@@H](C[N+](=O)[O-])c2ccc(F)cc2)c2ccccc21. The lowest BCUT2D eigenvalue weighted by Crippen LogP contribution is -2.50. The van der Waals surface area contributed by atoms with Gasteiger partial charge in [-0.25, -0.2) is 14.1 Å². The predicted octanol–water partition coefficient (Wildman–Crippen LogP) is 5.65. The normalized spacial score (nSPS) is 18.0. The summed E-state index contributed by atoms with van der Waals surface area (Å²) in [5, 5.41) is 11.9. The van der Waals surface area contributed by atoms with Crippen LogP contribution in [0.25, 0.3) is 0 Å². The largest absolute Gasteiger partial charge is 0.443 e. The molecule has 0 N–H and O–H groups in total. The van der Waals surface area contributed by atoms with Crippen LogP contribution in [0, 0.1) is 15.9 Å². The minimum Gasteiger partial charge on any atom is -0.443 e. The zero-order chi connectivity index (χ0) is 26.1. The molecule has 0 radical (unpaired) electrons. The average molecular weight is 491 g/mol. The van der Waals surface area contributed by atoms with E-state index in [1.54, 1.807) is 45.0 Å². The molecule has 8 heteroatoms. The maximum atomic E-state index is 14.4. The molecule has 0 unspecified atom stereocenters. The lowest BCUT2D eigenvalue weighted by Gasteiger charge is -2.35. The monoisotopic (exact) mass is 490 g/mol. The fraction of sp³-hybridized carbons (Fsp3) is 0.286. The highest BCUT2D eigenvalue weighted by molar-refractivity contribution is 6.21. The van der Waals surface area contributed by atoms with E-state index < -0.39 is 46.2 Å². The van der Waals surface area contributed by atoms with Crippen molar-refractivity contribution in [1.82, 2.24) is 0 Å². The molecule has 1 heterocycles. The minimum absolute atomic E-state index is 0.0961. The zero-order valence-electron chi connectivity index (χ0n) is 20.3. The third kappa shape index (κ3) is 4.71. The highest BCUT2D eigenvalue weighted by Gasteiger charge is 2.59. The summed E-state index contributed by atoms with van der Waals surface area (Å²) in [4.78, 5) is 40.2. The number of hydrogen-bond acceptors (Lipinski definition) is 5. The Bertz CT molecular complexity index is 1290. The first-order chi connectivity index (χ1) is 17.0. The first-order valence-corrected chi connectivity index (χ1v) is 11.6. The number of halogens is 1. The molecule has 186 valence electrons. The van der Waals surface area contributed by atoms with Crippen LogP contribution in [0.1, 0.15) is 43.4 Å². The van der Waals surface area contributed by atoms with Crippen LogP contribution in [0.15, 0.2) is 78.9 Å². The molecule has 2 amide bonds. The maximum absolute atomic E-state index is 14.4. The molecule has 0 aliphatic carbocycles. The van der Waals surface area contributed by atoms with Gasteiger partial charge in [0.1, 0.15) is 11.4 Å². The molecule has 1 aliphatic rings. The summed E-state index contributed by atoms with van der Waals surface area (Å²) in [5.41, 5.74) is -0.377. The van der Waals surface area contributed by atoms with Crippen LogP contribution in [0.3, 0.4) is 0 Å². The average Bonchev–Trinajstić information content (AvgIpc) is 3.06. The van der Waals surface area contributed by atoms with Gasteiger partial charge in [0, 0.05) is 4.92 Å². The number of ether oxygens (including phenoxy) is 1. The number of fused-ring (bicyclic) bond motifs is 1. The lowest BCUT2D eigenvalue weighted by molar-refractivity contribution is -0.485. The fourth-order valence-corrected chi connectivity index (χ4v) is 4.90. The summed E-state index contributed by atoms with van der Waals surface area (Å²) in [6.45, 7) is 4.49. The molecule has 7 nitrogen and oxygen atoms in total. The number of amides is 2. The molecule has 4 rings (SSSR count). The molecule has 0 saturated heterocycles. The molecule has 3 aromatic rings. The third-order valence-corrected chi connectivity index (χ3v) is 6.31. The summed E-state index contributed by atoms with van der Waals surface area (Å²) in [6, 6.07) is 21.3. The van der Waals surface area contributed by atoms with E-state index in [1.165, 1.54) is 24.3 Å². The lowest BCUT2D eigenvalue weighted by atomic mass is 9.65. The molecular formula is C28H27FN2O5. The molecule has 0 aromatic heterocycles. The Balaban J connectivity index is 1.98. The van der Waals surface area contributed by atoms with E-state index >= 15 is 0 Å². The summed E-state index contributed by atoms with van der Waals surface area (Å²) < 4.78 is 19.4. The van der Waals surface area contributed by atoms with Gasteiger partial charge in [-0.3, -0.25) is 14.9 Å². The van der Waals surface area contributed by atoms with E-state index in [0.29, 0.717) is 16.8 Å². The highest BCUT2D eigenvalue weighted by atomic mass is 19.1. The number of carbonyl (C=O) groups excluding carboxylic acids is 2. The first kappa shape index (κ1) is 25.0. The van der Waals surface area contributed by atoms with Crippen LogP contribution in [0.5, 0.6) is 0 Å². The Hall–Kier alpha value is -4.07. The number of anilines is 1. The highest BCUT2D eigenvalue weighted by Crippen LogP contribution is 2.52. The Morgan fingerprint density at radius 2 is 1.64 bits per heavy atom. The van der Waals surface area contributed by atoms with E-state index in [2.05, 4.69) is 0 Å². The second-order valence-corrected chi connectivity index (χ2v) is 9.89. The van der Waals surface area contributed by atoms with Crippen molar-refractivity contribution in [1.29, 1.82) is 0 Å². The van der Waals surface area contributed by atoms with Gasteiger partial charge in [-0.1, -0.05) is 60.7 Å². The van der Waals surface area contributed by atoms with Crippen molar-refractivity contribution in [2.75, 3.05) is 11.4 Å². The molecule has 1 aliphatic heterocycles. The van der Waals surface area contributed by atoms with Gasteiger partial charge in [-0.15, -0.1) is 0 Å². The number of hydrogen-bond donors (Lipinski definition) is 0. The molecule has 0 saturated carbocycles. The van der Waals surface area contributed by atoms with Crippen molar-refractivity contribution in [3.05, 3.63) is 111 Å². The minimum atomic E-state index is -1.51. The van der Waals surface area contributed by atoms with E-state index in [-0.39, 0.29) is 6.42 Å². The van der Waals surface area contributed by atoms with Crippen molar-refractivity contribution in [3.8, 4) is 0 Å². The van der Waals surface area contributed by atoms with Gasteiger partial charge < -0.3 is 4.74 Å². The van der Waals surface area contributed by atoms with Crippen LogP contribution < -0.4 is 4.90 Å². The smallest absolute Gasteiger partial charge is 0.421 e. The molecule has 2 atom stereocenters. The first-order valence-electron chi connectivity index (χ1n) is 11.6. The fourth-order valence-electron chi connectivity index (χ4n) is 4.90. The van der Waals surface area contributed by atoms with Crippen molar-refractivity contribution < 1.29 is 23.6 Å². The van der Waals surface area contributed by atoms with Gasteiger partial charge in [-0.05, 0) is 62.1 Å². The predicted molar refractivity (Wildman–Crippen MR) is 133 cm³/mol. The molecule has 0 fully saturated rings. The summed E-state index contributed by atoms with van der Waals surface area (Å²) in [7, 11) is 0. The quantitative estimate of drug-likeness (QED) is 0.329. The maximum Gasteiger partial charge on any atom is 0.421 e. The van der Waals surface area contributed by atoms with E-state index in [4.69, 9.17) is 4.74 Å². The number of rotatable bonds is 6. The van der Waals surface area contributed by atoms with Gasteiger partial charge in [0.25, 0.3) is 0 Å². The van der Waals surface area contributed by atoms with Crippen molar-refractivity contribution >= 4 is 17.7 Å². The van der Waals surface area contributed by atoms with Crippen LogP contribution in [-0.2, 0) is 21.4 Å². The van der Waals surface area contributed by atoms with Crippen molar-refractivity contribution in [3.63, 3.8) is 0 Å². The molecular weight excluding hydrogens is 463 g/mol. The Morgan fingerprint density at radius 3 is 2.25 bits per heavy atom. The second-order valence-electron chi connectivity index (χ2n) is 9.89. The van der Waals surface area contributed by atoms with Crippen LogP contribution in [0.4, 0.5) is 14.9 Å². The number of nitro groups is 1. The van der Waals surface area contributed by atoms with Gasteiger partial charge >= 0.3 is 6.09 Å². The number of imide groups is 1. The van der Waals surface area contributed by atoms with Crippen molar-refractivity contribution in [2.24, 2.45) is 0 Å². The van der Waals surface area contributed by atoms with E-state index in [9.17, 15) is 24.1 Å². The van der Waals surface area contributed by atoms with Gasteiger partial charge in [0.05, 0.1) is 17.0 Å². The topological polar surface area (TPSA) is 89.8 Å². The van der Waals surface area contributed by atoms with Crippen molar-refractivity contribution in [2.45, 2.75) is 44.1 Å². The van der Waals surface area contributed by atoms with Crippen LogP contribution in [-0.4, -0.2) is 29.1 Å². The second kappa shape index (κ2) is 9.53. The molecule has 0 bridgehead atoms. The van der Waals surface area contributed by atoms with Crippen LogP contribution >= 0.6 is 0 Å². The molecule has 3 aromatic carbocycles. The summed E-state index contributed by atoms with van der Waals surface area (Å²) in [5.74, 6) is -2.10. The Kier molecular flexibility index (Phi) is 6.63. The number of para-hydroxylation sites is 1. The summed E-state index contributed by atoms with van der Waals surface area (Å²) >= 11 is 0. The zero-order valence-corrected chi connectivity index (χ0v) is 20.3. The van der Waals surface area contributed by atoms with E-state index in [0.717, 1.165) is 10.5 Å². The Labute approximate surface area is 208 Å². The van der Waals surface area contributed by atoms with E-state index in [1.807, 2.05) is 30.3 Å². The summed E-state index contributed by atoms with van der Waals surface area (Å²) in [6.07, 6.45) is -0.757. The number of benzene rings is 3. The number of nitrogens with zero attached hydrogens (tertiary/aromatic N) is 2. The van der Waals surface area contributed by atoms with Crippen LogP contribution in [0.2, 0.25) is 0 Å². The number of carbonyl (C=O) groups is 2. The Morgan fingerprint density at radius 1 is 1.03 bits per heavy atom.